The maximum absolute atomic E-state index is 10.8. The second kappa shape index (κ2) is 5.74. The molecule has 1 aromatic rings. The van der Waals surface area contributed by atoms with E-state index in [1.807, 2.05) is 26.8 Å². The van der Waals surface area contributed by atoms with E-state index in [-0.39, 0.29) is 11.2 Å². The number of hydrogen-bond acceptors (Lipinski definition) is 4. The van der Waals surface area contributed by atoms with E-state index in [9.17, 15) is 9.90 Å². The first-order valence-electron chi connectivity index (χ1n) is 5.88. The Kier molecular flexibility index (Phi) is 4.74. The molecule has 1 N–H and O–H groups in total. The molecule has 0 unspecified atom stereocenters. The molecule has 0 fully saturated rings. The number of rotatable bonds is 2. The third-order valence-corrected chi connectivity index (χ3v) is 3.04. The van der Waals surface area contributed by atoms with Gasteiger partial charge in [-0.25, -0.2) is 4.79 Å². The second-order valence-corrected chi connectivity index (χ2v) is 6.27. The summed E-state index contributed by atoms with van der Waals surface area (Å²) in [4.78, 5) is 15.4. The van der Waals surface area contributed by atoms with Gasteiger partial charge in [-0.2, -0.15) is 0 Å². The highest BCUT2D eigenvalue weighted by Crippen LogP contribution is 2.36. The Labute approximate surface area is 121 Å². The monoisotopic (exact) mass is 327 g/mol. The van der Waals surface area contributed by atoms with Crippen molar-refractivity contribution in [3.05, 3.63) is 27.7 Å². The minimum atomic E-state index is -0.495. The Bertz CT molecular complexity index is 530. The molecule has 0 saturated carbocycles. The van der Waals surface area contributed by atoms with E-state index in [0.29, 0.717) is 11.3 Å². The van der Waals surface area contributed by atoms with Gasteiger partial charge < -0.3 is 9.94 Å². The standard InChI is InChI=1S/C14H18BrNO3/c1-8(16-19-9(2)17)11-6-10(15)7-12(13(11)18)14(3,4)5/h6-7,18H,1-5H3. The molecule has 1 aromatic carbocycles. The molecule has 0 bridgehead atoms. The van der Waals surface area contributed by atoms with E-state index >= 15 is 0 Å². The van der Waals surface area contributed by atoms with Crippen LogP contribution < -0.4 is 0 Å². The molecule has 0 aliphatic heterocycles. The number of carbonyl (C=O) groups excluding carboxylic acids is 1. The number of oxime groups is 1. The smallest absolute Gasteiger partial charge is 0.331 e. The molecule has 4 nitrogen and oxygen atoms in total. The number of halogens is 1. The second-order valence-electron chi connectivity index (χ2n) is 5.36. The van der Waals surface area contributed by atoms with E-state index in [0.717, 1.165) is 10.0 Å². The average molecular weight is 328 g/mol. The van der Waals surface area contributed by atoms with Crippen molar-refractivity contribution in [2.24, 2.45) is 5.16 Å². The molecule has 5 heteroatoms. The Morgan fingerprint density at radius 1 is 1.32 bits per heavy atom. The van der Waals surface area contributed by atoms with Crippen LogP contribution in [0.15, 0.2) is 21.8 Å². The molecular weight excluding hydrogens is 310 g/mol. The van der Waals surface area contributed by atoms with Gasteiger partial charge in [-0.3, -0.25) is 0 Å². The van der Waals surface area contributed by atoms with Crippen molar-refractivity contribution in [3.8, 4) is 5.75 Å². The maximum atomic E-state index is 10.8. The van der Waals surface area contributed by atoms with Crippen LogP contribution in [0.25, 0.3) is 0 Å². The van der Waals surface area contributed by atoms with Crippen LogP contribution in [0.1, 0.15) is 45.7 Å². The van der Waals surface area contributed by atoms with Crippen LogP contribution in [-0.4, -0.2) is 16.8 Å². The number of phenols is 1. The van der Waals surface area contributed by atoms with Crippen molar-refractivity contribution in [3.63, 3.8) is 0 Å². The number of hydrogen-bond donors (Lipinski definition) is 1. The SMILES string of the molecule is CC(=O)ON=C(C)c1cc(Br)cc(C(C)(C)C)c1O. The maximum Gasteiger partial charge on any atom is 0.331 e. The van der Waals surface area contributed by atoms with E-state index in [1.54, 1.807) is 13.0 Å². The average Bonchev–Trinajstić information content (AvgIpc) is 2.27. The van der Waals surface area contributed by atoms with Crippen LogP contribution in [0.3, 0.4) is 0 Å². The van der Waals surface area contributed by atoms with Crippen LogP contribution in [-0.2, 0) is 15.0 Å². The highest BCUT2D eigenvalue weighted by Gasteiger charge is 2.22. The number of nitrogens with zero attached hydrogens (tertiary/aromatic N) is 1. The van der Waals surface area contributed by atoms with Gasteiger partial charge in [0, 0.05) is 22.5 Å². The summed E-state index contributed by atoms with van der Waals surface area (Å²) in [6.45, 7) is 8.99. The summed E-state index contributed by atoms with van der Waals surface area (Å²) in [5.41, 5.74) is 1.58. The predicted molar refractivity (Wildman–Crippen MR) is 78.5 cm³/mol. The Hall–Kier alpha value is -1.36. The van der Waals surface area contributed by atoms with Gasteiger partial charge in [0.1, 0.15) is 5.75 Å². The molecule has 0 radical (unpaired) electrons. The Morgan fingerprint density at radius 2 is 1.89 bits per heavy atom. The van der Waals surface area contributed by atoms with E-state index in [2.05, 4.69) is 25.9 Å². The van der Waals surface area contributed by atoms with Crippen molar-refractivity contribution >= 4 is 27.6 Å². The highest BCUT2D eigenvalue weighted by molar-refractivity contribution is 9.10. The highest BCUT2D eigenvalue weighted by atomic mass is 79.9. The summed E-state index contributed by atoms with van der Waals surface area (Å²) in [5.74, 6) is -0.339. The summed E-state index contributed by atoms with van der Waals surface area (Å²) in [6, 6.07) is 3.62. The summed E-state index contributed by atoms with van der Waals surface area (Å²) in [5, 5.41) is 14.0. The lowest BCUT2D eigenvalue weighted by Crippen LogP contribution is -2.13. The molecular formula is C14H18BrNO3. The fourth-order valence-corrected chi connectivity index (χ4v) is 2.09. The van der Waals surface area contributed by atoms with E-state index in [4.69, 9.17) is 0 Å². The zero-order valence-electron chi connectivity index (χ0n) is 11.7. The molecule has 1 rings (SSSR count). The van der Waals surface area contributed by atoms with Crippen molar-refractivity contribution in [1.29, 1.82) is 0 Å². The van der Waals surface area contributed by atoms with Gasteiger partial charge in [0.2, 0.25) is 0 Å². The summed E-state index contributed by atoms with van der Waals surface area (Å²) in [7, 11) is 0. The largest absolute Gasteiger partial charge is 0.507 e. The van der Waals surface area contributed by atoms with Crippen LogP contribution in [0.4, 0.5) is 0 Å². The molecule has 0 aromatic heterocycles. The van der Waals surface area contributed by atoms with E-state index < -0.39 is 5.97 Å². The molecule has 0 amide bonds. The minimum absolute atomic E-state index is 0.157. The molecule has 0 saturated heterocycles. The van der Waals surface area contributed by atoms with Gasteiger partial charge in [-0.15, -0.1) is 0 Å². The Balaban J connectivity index is 3.33. The zero-order chi connectivity index (χ0) is 14.8. The molecule has 104 valence electrons. The molecule has 0 aliphatic rings. The number of carbonyl (C=O) groups is 1. The van der Waals surface area contributed by atoms with Crippen LogP contribution in [0.5, 0.6) is 5.75 Å². The van der Waals surface area contributed by atoms with Crippen molar-refractivity contribution in [2.75, 3.05) is 0 Å². The zero-order valence-corrected chi connectivity index (χ0v) is 13.3. The number of phenolic OH excluding ortho intramolecular Hbond substituents is 1. The topological polar surface area (TPSA) is 58.9 Å². The third-order valence-electron chi connectivity index (χ3n) is 2.58. The van der Waals surface area contributed by atoms with Gasteiger partial charge in [-0.1, -0.05) is 41.9 Å². The van der Waals surface area contributed by atoms with Gasteiger partial charge in [-0.05, 0) is 24.5 Å². The summed E-state index contributed by atoms with van der Waals surface area (Å²) < 4.78 is 0.836. The normalized spacial score (nSPS) is 12.4. The summed E-state index contributed by atoms with van der Waals surface area (Å²) in [6.07, 6.45) is 0. The number of benzene rings is 1. The third kappa shape index (κ3) is 4.06. The van der Waals surface area contributed by atoms with Crippen LogP contribution >= 0.6 is 15.9 Å². The lowest BCUT2D eigenvalue weighted by atomic mass is 9.85. The molecule has 0 atom stereocenters. The lowest BCUT2D eigenvalue weighted by Gasteiger charge is -2.22. The predicted octanol–water partition coefficient (Wildman–Crippen LogP) is 3.74. The van der Waals surface area contributed by atoms with Crippen LogP contribution in [0.2, 0.25) is 0 Å². The Morgan fingerprint density at radius 3 is 2.37 bits per heavy atom. The quantitative estimate of drug-likeness (QED) is 0.511. The first kappa shape index (κ1) is 15.7. The van der Waals surface area contributed by atoms with Crippen LogP contribution in [0, 0.1) is 0 Å². The first-order valence-corrected chi connectivity index (χ1v) is 6.67. The molecule has 0 aliphatic carbocycles. The minimum Gasteiger partial charge on any atom is -0.507 e. The fraction of sp³-hybridized carbons (Fsp3) is 0.429. The summed E-state index contributed by atoms with van der Waals surface area (Å²) >= 11 is 3.41. The molecule has 0 spiro atoms. The van der Waals surface area contributed by atoms with E-state index in [1.165, 1.54) is 6.92 Å². The van der Waals surface area contributed by atoms with Crippen molar-refractivity contribution in [1.82, 2.24) is 0 Å². The van der Waals surface area contributed by atoms with Gasteiger partial charge in [0.15, 0.2) is 0 Å². The van der Waals surface area contributed by atoms with Gasteiger partial charge in [0.25, 0.3) is 0 Å². The number of aromatic hydroxyl groups is 1. The fourth-order valence-electron chi connectivity index (χ4n) is 1.63. The van der Waals surface area contributed by atoms with Gasteiger partial charge >= 0.3 is 5.97 Å². The molecule has 19 heavy (non-hydrogen) atoms. The van der Waals surface area contributed by atoms with Crippen molar-refractivity contribution in [2.45, 2.75) is 40.0 Å². The first-order chi connectivity index (χ1) is 8.62. The lowest BCUT2D eigenvalue weighted by molar-refractivity contribution is -0.140. The molecule has 0 heterocycles. The van der Waals surface area contributed by atoms with Gasteiger partial charge in [0.05, 0.1) is 5.71 Å². The van der Waals surface area contributed by atoms with Crippen molar-refractivity contribution < 1.29 is 14.7 Å².